The first-order valence-electron chi connectivity index (χ1n) is 5.65. The second-order valence-electron chi connectivity index (χ2n) is 4.53. The van der Waals surface area contributed by atoms with E-state index in [1.807, 2.05) is 33.2 Å². The number of nitrogens with one attached hydrogen (secondary N) is 1. The summed E-state index contributed by atoms with van der Waals surface area (Å²) >= 11 is 1.51. The zero-order chi connectivity index (χ0) is 12.4. The standard InChI is InChI=1S/C13H17FN2S/c1-9-4-5-12(14)11-8-10(6-7-16(2)3)15-17-13(9)11/h4-5,8,15H,6-7H2,1-3H3. The first-order chi connectivity index (χ1) is 8.08. The second-order valence-corrected chi connectivity index (χ2v) is 5.35. The van der Waals surface area contributed by atoms with E-state index >= 15 is 0 Å². The molecule has 2 nitrogen and oxygen atoms in total. The Balaban J connectivity index is 2.25. The van der Waals surface area contributed by atoms with E-state index in [0.717, 1.165) is 34.7 Å². The molecule has 0 atom stereocenters. The van der Waals surface area contributed by atoms with Crippen LogP contribution in [-0.4, -0.2) is 25.5 Å². The summed E-state index contributed by atoms with van der Waals surface area (Å²) in [5.41, 5.74) is 2.92. The molecule has 1 N–H and O–H groups in total. The van der Waals surface area contributed by atoms with Crippen molar-refractivity contribution >= 4 is 18.0 Å². The molecule has 1 aliphatic heterocycles. The van der Waals surface area contributed by atoms with Gasteiger partial charge in [-0.05, 0) is 50.7 Å². The molecule has 0 aromatic heterocycles. The molecule has 17 heavy (non-hydrogen) atoms. The van der Waals surface area contributed by atoms with Gasteiger partial charge in [0.2, 0.25) is 0 Å². The summed E-state index contributed by atoms with van der Waals surface area (Å²) in [6.07, 6.45) is 2.84. The molecule has 0 amide bonds. The van der Waals surface area contributed by atoms with Gasteiger partial charge in [0.15, 0.2) is 0 Å². The van der Waals surface area contributed by atoms with Crippen molar-refractivity contribution in [3.05, 3.63) is 34.8 Å². The Morgan fingerprint density at radius 3 is 2.82 bits per heavy atom. The van der Waals surface area contributed by atoms with Crippen LogP contribution in [0.2, 0.25) is 0 Å². The zero-order valence-corrected chi connectivity index (χ0v) is 11.2. The van der Waals surface area contributed by atoms with Gasteiger partial charge in [0.1, 0.15) is 5.82 Å². The first kappa shape index (κ1) is 12.5. The number of benzene rings is 1. The Labute approximate surface area is 106 Å². The third kappa shape index (κ3) is 2.82. The lowest BCUT2D eigenvalue weighted by atomic mass is 10.1. The van der Waals surface area contributed by atoms with Crippen LogP contribution in [0.5, 0.6) is 0 Å². The van der Waals surface area contributed by atoms with Gasteiger partial charge in [-0.1, -0.05) is 6.07 Å². The van der Waals surface area contributed by atoms with Crippen LogP contribution in [0.25, 0.3) is 6.08 Å². The average molecular weight is 252 g/mol. The lowest BCUT2D eigenvalue weighted by Gasteiger charge is -2.21. The number of hydrogen-bond donors (Lipinski definition) is 1. The molecular formula is C13H17FN2S. The van der Waals surface area contributed by atoms with E-state index in [1.165, 1.54) is 11.9 Å². The van der Waals surface area contributed by atoms with Crippen molar-refractivity contribution in [2.45, 2.75) is 18.2 Å². The number of nitrogens with zero attached hydrogens (tertiary/aromatic N) is 1. The molecule has 0 fully saturated rings. The highest BCUT2D eigenvalue weighted by molar-refractivity contribution is 7.97. The minimum absolute atomic E-state index is 0.137. The maximum atomic E-state index is 13.7. The van der Waals surface area contributed by atoms with Gasteiger partial charge in [0.25, 0.3) is 0 Å². The molecule has 2 rings (SSSR count). The summed E-state index contributed by atoms with van der Waals surface area (Å²) in [5.74, 6) is -0.137. The van der Waals surface area contributed by atoms with Gasteiger partial charge in [-0.3, -0.25) is 0 Å². The maximum absolute atomic E-state index is 13.7. The highest BCUT2D eigenvalue weighted by Crippen LogP contribution is 2.33. The highest BCUT2D eigenvalue weighted by Gasteiger charge is 2.16. The van der Waals surface area contributed by atoms with E-state index in [4.69, 9.17) is 0 Å². The van der Waals surface area contributed by atoms with Crippen LogP contribution < -0.4 is 4.72 Å². The topological polar surface area (TPSA) is 15.3 Å². The van der Waals surface area contributed by atoms with Crippen LogP contribution in [0.1, 0.15) is 17.5 Å². The van der Waals surface area contributed by atoms with Crippen LogP contribution in [0.3, 0.4) is 0 Å². The maximum Gasteiger partial charge on any atom is 0.131 e. The number of aryl methyl sites for hydroxylation is 1. The normalized spacial score (nSPS) is 14.3. The Kier molecular flexibility index (Phi) is 3.74. The summed E-state index contributed by atoms with van der Waals surface area (Å²) in [6.45, 7) is 2.97. The summed E-state index contributed by atoms with van der Waals surface area (Å²) in [4.78, 5) is 3.12. The predicted octanol–water partition coefficient (Wildman–Crippen LogP) is 3.04. The van der Waals surface area contributed by atoms with Gasteiger partial charge in [-0.15, -0.1) is 0 Å². The number of halogens is 1. The van der Waals surface area contributed by atoms with E-state index in [0.29, 0.717) is 0 Å². The van der Waals surface area contributed by atoms with Crippen LogP contribution in [0.15, 0.2) is 22.7 Å². The predicted molar refractivity (Wildman–Crippen MR) is 71.3 cm³/mol. The van der Waals surface area contributed by atoms with Crippen LogP contribution in [0, 0.1) is 12.7 Å². The largest absolute Gasteiger partial charge is 0.329 e. The van der Waals surface area contributed by atoms with Crippen molar-refractivity contribution in [2.75, 3.05) is 20.6 Å². The van der Waals surface area contributed by atoms with Crippen molar-refractivity contribution < 1.29 is 4.39 Å². The fourth-order valence-corrected chi connectivity index (χ4v) is 2.63. The van der Waals surface area contributed by atoms with E-state index in [2.05, 4.69) is 9.62 Å². The Morgan fingerprint density at radius 1 is 1.35 bits per heavy atom. The lowest BCUT2D eigenvalue weighted by molar-refractivity contribution is 0.412. The van der Waals surface area contributed by atoms with E-state index in [-0.39, 0.29) is 5.82 Å². The quantitative estimate of drug-likeness (QED) is 0.832. The minimum Gasteiger partial charge on any atom is -0.329 e. The fraction of sp³-hybridized carbons (Fsp3) is 0.385. The van der Waals surface area contributed by atoms with Gasteiger partial charge >= 0.3 is 0 Å². The molecule has 0 radical (unpaired) electrons. The molecule has 0 spiro atoms. The van der Waals surface area contributed by atoms with Crippen LogP contribution in [0.4, 0.5) is 4.39 Å². The van der Waals surface area contributed by atoms with Crippen molar-refractivity contribution in [1.29, 1.82) is 0 Å². The summed E-state index contributed by atoms with van der Waals surface area (Å²) in [5, 5.41) is 0. The molecule has 0 saturated carbocycles. The lowest BCUT2D eigenvalue weighted by Crippen LogP contribution is -2.18. The molecule has 1 aliphatic rings. The summed E-state index contributed by atoms with van der Waals surface area (Å²) in [6, 6.07) is 3.36. The van der Waals surface area contributed by atoms with Gasteiger partial charge in [0.05, 0.1) is 0 Å². The van der Waals surface area contributed by atoms with Gasteiger partial charge in [-0.2, -0.15) is 0 Å². The van der Waals surface area contributed by atoms with E-state index in [9.17, 15) is 4.39 Å². The zero-order valence-electron chi connectivity index (χ0n) is 10.4. The number of hydrogen-bond acceptors (Lipinski definition) is 3. The summed E-state index contributed by atoms with van der Waals surface area (Å²) < 4.78 is 17.0. The average Bonchev–Trinajstić information content (AvgIpc) is 2.31. The third-order valence-corrected chi connectivity index (χ3v) is 3.88. The molecule has 4 heteroatoms. The van der Waals surface area contributed by atoms with Crippen molar-refractivity contribution in [2.24, 2.45) is 0 Å². The van der Waals surface area contributed by atoms with E-state index < -0.39 is 0 Å². The van der Waals surface area contributed by atoms with Crippen molar-refractivity contribution in [1.82, 2.24) is 9.62 Å². The molecule has 92 valence electrons. The third-order valence-electron chi connectivity index (χ3n) is 2.77. The Morgan fingerprint density at radius 2 is 2.12 bits per heavy atom. The van der Waals surface area contributed by atoms with Gasteiger partial charge in [0, 0.05) is 29.1 Å². The molecule has 0 bridgehead atoms. The molecule has 0 aliphatic carbocycles. The molecule has 1 aromatic carbocycles. The molecule has 1 heterocycles. The summed E-state index contributed by atoms with van der Waals surface area (Å²) in [7, 11) is 4.07. The highest BCUT2D eigenvalue weighted by atomic mass is 32.2. The molecule has 1 aromatic rings. The minimum atomic E-state index is -0.137. The van der Waals surface area contributed by atoms with Crippen molar-refractivity contribution in [3.63, 3.8) is 0 Å². The molecular weight excluding hydrogens is 235 g/mol. The van der Waals surface area contributed by atoms with E-state index in [1.54, 1.807) is 6.07 Å². The number of fused-ring (bicyclic) bond motifs is 1. The van der Waals surface area contributed by atoms with Crippen molar-refractivity contribution in [3.8, 4) is 0 Å². The number of rotatable bonds is 3. The monoisotopic (exact) mass is 252 g/mol. The molecule has 0 saturated heterocycles. The van der Waals surface area contributed by atoms with Gasteiger partial charge < -0.3 is 9.62 Å². The molecule has 0 unspecified atom stereocenters. The van der Waals surface area contributed by atoms with Crippen LogP contribution >= 0.6 is 11.9 Å². The van der Waals surface area contributed by atoms with Crippen LogP contribution in [-0.2, 0) is 0 Å². The fourth-order valence-electron chi connectivity index (χ4n) is 1.74. The smallest absolute Gasteiger partial charge is 0.131 e. The second kappa shape index (κ2) is 5.10. The Hall–Kier alpha value is -1.00. The van der Waals surface area contributed by atoms with Gasteiger partial charge in [-0.25, -0.2) is 4.39 Å². The SMILES string of the molecule is Cc1ccc(F)c2c1SNC(CCN(C)C)=C2. The Bertz CT molecular complexity index is 455. The first-order valence-corrected chi connectivity index (χ1v) is 6.47.